The molecular weight excluding hydrogens is 953 g/mol. The van der Waals surface area contributed by atoms with Gasteiger partial charge in [0.05, 0.1) is 45.6 Å². The molecule has 0 aliphatic carbocycles. The largest absolute Gasteiger partial charge is 0.494 e. The van der Waals surface area contributed by atoms with Gasteiger partial charge in [-0.15, -0.1) is 0 Å². The highest BCUT2D eigenvalue weighted by Crippen LogP contribution is 2.42. The second-order valence-corrected chi connectivity index (χ2v) is 21.9. The molecule has 3 saturated heterocycles. The Kier molecular flexibility index (Phi) is 13.3. The molecule has 6 heterocycles. The van der Waals surface area contributed by atoms with Crippen LogP contribution in [0.2, 0.25) is 0 Å². The van der Waals surface area contributed by atoms with Crippen LogP contribution >= 0.6 is 23.1 Å². The molecule has 3 aliphatic heterocycles. The van der Waals surface area contributed by atoms with E-state index >= 15 is 0 Å². The highest BCUT2D eigenvalue weighted by atomic mass is 79.9. The van der Waals surface area contributed by atoms with Crippen LogP contribution in [-0.4, -0.2) is 103 Å². The number of carbonyl (C=O) groups is 3. The molecule has 3 aliphatic rings. The van der Waals surface area contributed by atoms with Crippen molar-refractivity contribution in [1.29, 1.82) is 0 Å². The molecule has 1 unspecified atom stereocenters. The Labute approximate surface area is 401 Å². The number of nitrogens with one attached hydrogen (secondary N) is 5. The summed E-state index contributed by atoms with van der Waals surface area (Å²) < 4.78 is 27.2. The molecule has 68 heavy (non-hydrogen) atoms. The lowest BCUT2D eigenvalue weighted by atomic mass is 9.98. The molecule has 5 N–H and O–H groups in total. The van der Waals surface area contributed by atoms with Crippen molar-refractivity contribution in [3.63, 3.8) is 0 Å². The molecular formula is C48H55BrN11O7P. The molecule has 3 aromatic carbocycles. The molecule has 20 heteroatoms. The molecule has 9 rings (SSSR count). The summed E-state index contributed by atoms with van der Waals surface area (Å²) in [4.78, 5) is 68.7. The number of hydrogen-bond acceptors (Lipinski definition) is 15. The number of methoxy groups -OCH3 is 1. The molecule has 6 aromatic rings. The molecule has 3 amide bonds. The first-order chi connectivity index (χ1) is 32.7. The number of benzene rings is 3. The van der Waals surface area contributed by atoms with Gasteiger partial charge < -0.3 is 44.8 Å². The topological polar surface area (TPSA) is 218 Å². The minimum Gasteiger partial charge on any atom is -0.494 e. The monoisotopic (exact) mass is 1010 g/mol. The van der Waals surface area contributed by atoms with Gasteiger partial charge in [-0.3, -0.25) is 29.3 Å². The minimum atomic E-state index is -2.74. The van der Waals surface area contributed by atoms with E-state index < -0.39 is 24.8 Å². The number of para-hydroxylation sites is 1. The van der Waals surface area contributed by atoms with Crippen LogP contribution in [0.25, 0.3) is 22.0 Å². The molecule has 356 valence electrons. The van der Waals surface area contributed by atoms with Gasteiger partial charge in [0.1, 0.15) is 24.8 Å². The van der Waals surface area contributed by atoms with E-state index in [0.29, 0.717) is 82.0 Å². The predicted molar refractivity (Wildman–Crippen MR) is 268 cm³/mol. The van der Waals surface area contributed by atoms with E-state index in [1.54, 1.807) is 38.8 Å². The Morgan fingerprint density at radius 2 is 1.75 bits per heavy atom. The zero-order valence-corrected chi connectivity index (χ0v) is 41.1. The number of aromatic nitrogens is 4. The van der Waals surface area contributed by atoms with Crippen LogP contribution in [0.4, 0.5) is 34.5 Å². The summed E-state index contributed by atoms with van der Waals surface area (Å²) in [5.41, 5.74) is 6.91. The number of rotatable bonds is 15. The van der Waals surface area contributed by atoms with Gasteiger partial charge in [0.15, 0.2) is 5.58 Å². The van der Waals surface area contributed by atoms with Crippen LogP contribution in [0.3, 0.4) is 0 Å². The number of imide groups is 1. The standard InChI is InChI=1S/C48H55BrN11O7P/c1-6-28-22-35(55-47-52-24-32(49)44(57-47)54-34-13-12-33-31(11-10-27(2)53-33)43(34)68(4,5)65)40(66-3)23-39(28)58-20-16-30(17-21-58)50-18-19-51-45(62)29-25-59(26-29)36-8-7-9-37-42(36)67-48(64)60(37)38-14-15-41(61)56-46(38)63/h7-13,22-24,29-30,38,50H,6,14-21,25-26H2,1-5H3,(H,51,62)(H,56,61,63)(H2,52,54,55,57). The molecule has 3 aromatic heterocycles. The number of ether oxygens (including phenoxy) is 1. The van der Waals surface area contributed by atoms with E-state index in [-0.39, 0.29) is 30.6 Å². The van der Waals surface area contributed by atoms with Crippen molar-refractivity contribution in [3.05, 3.63) is 87.1 Å². The van der Waals surface area contributed by atoms with Crippen molar-refractivity contribution in [1.82, 2.24) is 35.5 Å². The van der Waals surface area contributed by atoms with Crippen LogP contribution in [0.1, 0.15) is 49.9 Å². The summed E-state index contributed by atoms with van der Waals surface area (Å²) in [5.74, 6) is -0.233. The van der Waals surface area contributed by atoms with Crippen LogP contribution in [0, 0.1) is 12.8 Å². The lowest BCUT2D eigenvalue weighted by Crippen LogP contribution is -2.54. The maximum absolute atomic E-state index is 13.6. The first-order valence-electron chi connectivity index (χ1n) is 22.9. The molecule has 0 spiro atoms. The average Bonchev–Trinajstić information content (AvgIpc) is 3.63. The third-order valence-electron chi connectivity index (χ3n) is 13.0. The zero-order chi connectivity index (χ0) is 47.9. The number of oxazole rings is 1. The predicted octanol–water partition coefficient (Wildman–Crippen LogP) is 6.10. The third-order valence-corrected chi connectivity index (χ3v) is 15.1. The average molecular weight is 1010 g/mol. The number of aryl methyl sites for hydroxylation is 2. The summed E-state index contributed by atoms with van der Waals surface area (Å²) in [6, 6.07) is 16.7. The fraction of sp³-hybridized carbons (Fsp3) is 0.396. The number of anilines is 6. The van der Waals surface area contributed by atoms with E-state index in [0.717, 1.165) is 65.9 Å². The first-order valence-corrected chi connectivity index (χ1v) is 26.3. The third kappa shape index (κ3) is 9.56. The van der Waals surface area contributed by atoms with Crippen molar-refractivity contribution < 1.29 is 28.1 Å². The zero-order valence-electron chi connectivity index (χ0n) is 38.6. The van der Waals surface area contributed by atoms with Gasteiger partial charge in [0, 0.05) is 86.1 Å². The van der Waals surface area contributed by atoms with Gasteiger partial charge >= 0.3 is 5.76 Å². The number of hydrogen-bond donors (Lipinski definition) is 5. The van der Waals surface area contributed by atoms with E-state index in [9.17, 15) is 23.7 Å². The van der Waals surface area contributed by atoms with Crippen molar-refractivity contribution in [3.8, 4) is 5.75 Å². The lowest BCUT2D eigenvalue weighted by Gasteiger charge is -2.40. The molecule has 1 atom stereocenters. The van der Waals surface area contributed by atoms with Gasteiger partial charge in [-0.2, -0.15) is 4.98 Å². The normalized spacial score (nSPS) is 17.1. The van der Waals surface area contributed by atoms with Gasteiger partial charge in [-0.05, 0) is 104 Å². The smallest absolute Gasteiger partial charge is 0.420 e. The molecule has 0 bridgehead atoms. The SMILES string of the molecule is CCc1cc(Nc2ncc(Br)c(Nc3ccc4nc(C)ccc4c3P(C)(C)=O)n2)c(OC)cc1N1CCC(NCCNC(=O)C2CN(c3cccc4c3oc(=O)n4C3CCC(=O)NC3=O)C2)CC1. The van der Waals surface area contributed by atoms with Crippen LogP contribution in [0.15, 0.2) is 74.5 Å². The van der Waals surface area contributed by atoms with Gasteiger partial charge in [-0.1, -0.05) is 19.1 Å². The van der Waals surface area contributed by atoms with Gasteiger partial charge in [0.2, 0.25) is 23.7 Å². The number of nitrogens with zero attached hydrogens (tertiary/aromatic N) is 6. The summed E-state index contributed by atoms with van der Waals surface area (Å²) >= 11 is 3.60. The number of pyridine rings is 1. The highest BCUT2D eigenvalue weighted by Gasteiger charge is 2.36. The summed E-state index contributed by atoms with van der Waals surface area (Å²) in [6.07, 6.45) is 4.72. The Bertz CT molecular complexity index is 3050. The number of carbonyl (C=O) groups excluding carboxylic acids is 3. The number of amides is 3. The van der Waals surface area contributed by atoms with E-state index in [1.807, 2.05) is 42.2 Å². The van der Waals surface area contributed by atoms with Gasteiger partial charge in [-0.25, -0.2) is 9.78 Å². The van der Waals surface area contributed by atoms with Crippen LogP contribution in [0.5, 0.6) is 5.75 Å². The van der Waals surface area contributed by atoms with Crippen molar-refractivity contribution in [2.24, 2.45) is 5.92 Å². The lowest BCUT2D eigenvalue weighted by molar-refractivity contribution is -0.135. The van der Waals surface area contributed by atoms with Crippen molar-refractivity contribution in [2.45, 2.75) is 58.0 Å². The van der Waals surface area contributed by atoms with E-state index in [4.69, 9.17) is 14.1 Å². The quantitative estimate of drug-likeness (QED) is 0.0446. The highest BCUT2D eigenvalue weighted by molar-refractivity contribution is 9.10. The Morgan fingerprint density at radius 1 is 0.956 bits per heavy atom. The second kappa shape index (κ2) is 19.4. The molecule has 18 nitrogen and oxygen atoms in total. The number of piperidine rings is 2. The minimum absolute atomic E-state index is 0.0240. The number of fused-ring (bicyclic) bond motifs is 2. The van der Waals surface area contributed by atoms with E-state index in [2.05, 4.69) is 76.4 Å². The first kappa shape index (κ1) is 46.8. The summed E-state index contributed by atoms with van der Waals surface area (Å²) in [6.45, 7) is 11.4. The van der Waals surface area contributed by atoms with Gasteiger partial charge in [0.25, 0.3) is 0 Å². The maximum atomic E-state index is 13.6. The second-order valence-electron chi connectivity index (χ2n) is 17.9. The van der Waals surface area contributed by atoms with Crippen molar-refractivity contribution >= 4 is 103 Å². The fourth-order valence-electron chi connectivity index (χ4n) is 9.48. The summed E-state index contributed by atoms with van der Waals surface area (Å²) in [5, 5.41) is 17.4. The Balaban J connectivity index is 0.768. The van der Waals surface area contributed by atoms with E-state index in [1.165, 1.54) is 4.57 Å². The summed E-state index contributed by atoms with van der Waals surface area (Å²) in [7, 11) is -1.09. The fourth-order valence-corrected chi connectivity index (χ4v) is 11.2. The maximum Gasteiger partial charge on any atom is 0.420 e. The Hall–Kier alpha value is -6.30. The van der Waals surface area contributed by atoms with Crippen LogP contribution < -0.4 is 52.2 Å². The van der Waals surface area contributed by atoms with Crippen molar-refractivity contribution in [2.75, 3.05) is 80.1 Å². The number of halogens is 1. The molecule has 0 radical (unpaired) electrons. The molecule has 3 fully saturated rings. The van der Waals surface area contributed by atoms with Crippen LogP contribution in [-0.2, 0) is 25.4 Å². The Morgan fingerprint density at radius 3 is 2.49 bits per heavy atom. The molecule has 0 saturated carbocycles.